The molecule has 16 heavy (non-hydrogen) atoms. The molecule has 6 heteroatoms. The standard InChI is InChI=1S/C8H17N3O2S.C2H6/c1-2-7(12)11-6(5-14)8(13)10-4-3-9;1-2/h6,14H,2-5,9H2,1H3,(H,10,13)(H,11,12);1-2H3. The van der Waals surface area contributed by atoms with E-state index in [1.54, 1.807) is 6.92 Å². The summed E-state index contributed by atoms with van der Waals surface area (Å²) in [6.45, 7) is 6.51. The number of amides is 2. The average molecular weight is 249 g/mol. The van der Waals surface area contributed by atoms with Gasteiger partial charge in [-0.05, 0) is 0 Å². The molecule has 0 bridgehead atoms. The quantitative estimate of drug-likeness (QED) is 0.497. The summed E-state index contributed by atoms with van der Waals surface area (Å²) >= 11 is 3.98. The van der Waals surface area contributed by atoms with Gasteiger partial charge in [-0.2, -0.15) is 12.6 Å². The number of carbonyl (C=O) groups is 2. The van der Waals surface area contributed by atoms with Crippen molar-refractivity contribution in [2.45, 2.75) is 33.2 Å². The normalized spacial score (nSPS) is 10.8. The maximum absolute atomic E-state index is 11.4. The van der Waals surface area contributed by atoms with Crippen LogP contribution in [-0.4, -0.2) is 36.7 Å². The predicted molar refractivity (Wildman–Crippen MR) is 69.5 cm³/mol. The fourth-order valence-electron chi connectivity index (χ4n) is 0.809. The van der Waals surface area contributed by atoms with Crippen LogP contribution in [0.25, 0.3) is 0 Å². The second-order valence-electron chi connectivity index (χ2n) is 2.74. The summed E-state index contributed by atoms with van der Waals surface area (Å²) in [4.78, 5) is 22.4. The first-order valence-electron chi connectivity index (χ1n) is 5.53. The van der Waals surface area contributed by atoms with Crippen molar-refractivity contribution in [2.24, 2.45) is 5.73 Å². The highest BCUT2D eigenvalue weighted by molar-refractivity contribution is 7.80. The second-order valence-corrected chi connectivity index (χ2v) is 3.10. The molecule has 4 N–H and O–H groups in total. The Morgan fingerprint density at radius 2 is 1.94 bits per heavy atom. The Bertz CT molecular complexity index is 201. The SMILES string of the molecule is CC.CCC(=O)NC(CS)C(=O)NCCN. The van der Waals surface area contributed by atoms with Crippen molar-refractivity contribution in [1.82, 2.24) is 10.6 Å². The molecule has 0 aromatic heterocycles. The smallest absolute Gasteiger partial charge is 0.243 e. The van der Waals surface area contributed by atoms with Gasteiger partial charge in [0, 0.05) is 25.3 Å². The van der Waals surface area contributed by atoms with E-state index >= 15 is 0 Å². The van der Waals surface area contributed by atoms with Crippen LogP contribution in [0.2, 0.25) is 0 Å². The molecule has 1 unspecified atom stereocenters. The molecule has 0 spiro atoms. The van der Waals surface area contributed by atoms with Crippen molar-refractivity contribution in [3.8, 4) is 0 Å². The van der Waals surface area contributed by atoms with E-state index in [2.05, 4.69) is 23.3 Å². The summed E-state index contributed by atoms with van der Waals surface area (Å²) in [5.74, 6) is -0.124. The average Bonchev–Trinajstić information content (AvgIpc) is 2.34. The van der Waals surface area contributed by atoms with E-state index < -0.39 is 6.04 Å². The summed E-state index contributed by atoms with van der Waals surface area (Å²) in [5.41, 5.74) is 5.22. The van der Waals surface area contributed by atoms with E-state index in [1.807, 2.05) is 13.8 Å². The molecule has 5 nitrogen and oxygen atoms in total. The van der Waals surface area contributed by atoms with Crippen LogP contribution in [0.15, 0.2) is 0 Å². The van der Waals surface area contributed by atoms with Crippen molar-refractivity contribution >= 4 is 24.4 Å². The molecule has 0 fully saturated rings. The van der Waals surface area contributed by atoms with Gasteiger partial charge in [0.25, 0.3) is 0 Å². The minimum Gasteiger partial charge on any atom is -0.353 e. The number of hydrogen-bond acceptors (Lipinski definition) is 4. The van der Waals surface area contributed by atoms with Crippen LogP contribution in [-0.2, 0) is 9.59 Å². The highest BCUT2D eigenvalue weighted by Crippen LogP contribution is 1.90. The van der Waals surface area contributed by atoms with Crippen LogP contribution in [0.5, 0.6) is 0 Å². The molecule has 0 heterocycles. The largest absolute Gasteiger partial charge is 0.353 e. The number of nitrogens with one attached hydrogen (secondary N) is 2. The van der Waals surface area contributed by atoms with E-state index in [9.17, 15) is 9.59 Å². The van der Waals surface area contributed by atoms with Gasteiger partial charge in [0.15, 0.2) is 0 Å². The summed E-state index contributed by atoms with van der Waals surface area (Å²) in [6, 6.07) is -0.572. The lowest BCUT2D eigenvalue weighted by Crippen LogP contribution is -2.48. The van der Waals surface area contributed by atoms with Gasteiger partial charge in [0.2, 0.25) is 11.8 Å². The van der Waals surface area contributed by atoms with E-state index in [0.29, 0.717) is 19.5 Å². The molecule has 96 valence electrons. The zero-order chi connectivity index (χ0) is 13.0. The summed E-state index contributed by atoms with van der Waals surface area (Å²) in [6.07, 6.45) is 0.356. The molecule has 0 rings (SSSR count). The minimum atomic E-state index is -0.572. The molecular weight excluding hydrogens is 226 g/mol. The Morgan fingerprint density at radius 3 is 2.31 bits per heavy atom. The number of hydrogen-bond donors (Lipinski definition) is 4. The highest BCUT2D eigenvalue weighted by Gasteiger charge is 2.17. The highest BCUT2D eigenvalue weighted by atomic mass is 32.1. The molecule has 0 saturated heterocycles. The van der Waals surface area contributed by atoms with Crippen molar-refractivity contribution < 1.29 is 9.59 Å². The fourth-order valence-corrected chi connectivity index (χ4v) is 1.07. The van der Waals surface area contributed by atoms with Crippen molar-refractivity contribution in [3.05, 3.63) is 0 Å². The van der Waals surface area contributed by atoms with Gasteiger partial charge < -0.3 is 16.4 Å². The lowest BCUT2D eigenvalue weighted by atomic mass is 10.3. The van der Waals surface area contributed by atoms with E-state index in [0.717, 1.165) is 0 Å². The van der Waals surface area contributed by atoms with Crippen LogP contribution in [0.3, 0.4) is 0 Å². The second kappa shape index (κ2) is 12.3. The number of nitrogens with two attached hydrogens (primary N) is 1. The molecule has 0 aliphatic heterocycles. The zero-order valence-corrected chi connectivity index (χ0v) is 11.1. The fraction of sp³-hybridized carbons (Fsp3) is 0.800. The molecule has 0 radical (unpaired) electrons. The molecular formula is C10H23N3O2S. The third kappa shape index (κ3) is 8.55. The summed E-state index contributed by atoms with van der Waals surface area (Å²) in [7, 11) is 0. The Labute approximate surface area is 103 Å². The third-order valence-corrected chi connectivity index (χ3v) is 1.96. The predicted octanol–water partition coefficient (Wildman–Crippen LogP) is -0.0879. The van der Waals surface area contributed by atoms with Gasteiger partial charge in [0.05, 0.1) is 0 Å². The van der Waals surface area contributed by atoms with Gasteiger partial charge in [-0.1, -0.05) is 20.8 Å². The van der Waals surface area contributed by atoms with Crippen LogP contribution < -0.4 is 16.4 Å². The first kappa shape index (κ1) is 17.6. The maximum Gasteiger partial charge on any atom is 0.243 e. The lowest BCUT2D eigenvalue weighted by molar-refractivity contribution is -0.128. The topological polar surface area (TPSA) is 84.2 Å². The van der Waals surface area contributed by atoms with Gasteiger partial charge >= 0.3 is 0 Å². The lowest BCUT2D eigenvalue weighted by Gasteiger charge is -2.15. The van der Waals surface area contributed by atoms with Crippen LogP contribution in [0.1, 0.15) is 27.2 Å². The Kier molecular flexibility index (Phi) is 13.6. The molecule has 0 aliphatic rings. The van der Waals surface area contributed by atoms with Crippen LogP contribution in [0.4, 0.5) is 0 Å². The van der Waals surface area contributed by atoms with E-state index in [4.69, 9.17) is 5.73 Å². The number of thiol groups is 1. The van der Waals surface area contributed by atoms with Gasteiger partial charge in [-0.25, -0.2) is 0 Å². The Morgan fingerprint density at radius 1 is 1.38 bits per heavy atom. The van der Waals surface area contributed by atoms with Crippen molar-refractivity contribution in [1.29, 1.82) is 0 Å². The number of carbonyl (C=O) groups excluding carboxylic acids is 2. The summed E-state index contributed by atoms with van der Waals surface area (Å²) < 4.78 is 0. The van der Waals surface area contributed by atoms with Gasteiger partial charge in [0.1, 0.15) is 6.04 Å². The third-order valence-electron chi connectivity index (χ3n) is 1.60. The molecule has 0 saturated carbocycles. The Hall–Kier alpha value is -0.750. The Balaban J connectivity index is 0. The molecule has 0 aliphatic carbocycles. The van der Waals surface area contributed by atoms with Crippen molar-refractivity contribution in [2.75, 3.05) is 18.8 Å². The number of rotatable bonds is 6. The van der Waals surface area contributed by atoms with E-state index in [1.165, 1.54) is 0 Å². The zero-order valence-electron chi connectivity index (χ0n) is 10.2. The molecule has 0 aromatic carbocycles. The first-order valence-corrected chi connectivity index (χ1v) is 6.16. The van der Waals surface area contributed by atoms with E-state index in [-0.39, 0.29) is 17.6 Å². The van der Waals surface area contributed by atoms with Gasteiger partial charge in [-0.15, -0.1) is 0 Å². The molecule has 0 aromatic rings. The van der Waals surface area contributed by atoms with Crippen molar-refractivity contribution in [3.63, 3.8) is 0 Å². The van der Waals surface area contributed by atoms with Crippen LogP contribution in [0, 0.1) is 0 Å². The molecule has 2 amide bonds. The van der Waals surface area contributed by atoms with Gasteiger partial charge in [-0.3, -0.25) is 9.59 Å². The van der Waals surface area contributed by atoms with Crippen LogP contribution >= 0.6 is 12.6 Å². The first-order chi connectivity index (χ1) is 7.65. The monoisotopic (exact) mass is 249 g/mol. The summed E-state index contributed by atoms with van der Waals surface area (Å²) in [5, 5.41) is 5.14. The maximum atomic E-state index is 11.4. The molecule has 1 atom stereocenters. The minimum absolute atomic E-state index is 0.160.